The molecule has 1 aromatic rings. The summed E-state index contributed by atoms with van der Waals surface area (Å²) >= 11 is 0. The molecule has 1 fully saturated rings. The normalized spacial score (nSPS) is 18.3. The molecule has 0 amide bonds. The molecule has 1 heterocycles. The first kappa shape index (κ1) is 18.4. The summed E-state index contributed by atoms with van der Waals surface area (Å²) in [6.45, 7) is 16.3. The van der Waals surface area contributed by atoms with E-state index in [0.717, 1.165) is 0 Å². The standard InChI is InChI=1S/C22H37N/c1-7-11-22(12-8-2)13-15-23(16-14-22)20-10-9-19(17-18(20)3)21(4,5)6/h9-10,17H,7-8,11-16H2,1-6H3. The van der Waals surface area contributed by atoms with Crippen molar-refractivity contribution in [3.8, 4) is 0 Å². The van der Waals surface area contributed by atoms with Gasteiger partial charge in [0.15, 0.2) is 0 Å². The Balaban J connectivity index is 2.11. The molecule has 0 aliphatic carbocycles. The Hall–Kier alpha value is -0.980. The molecular formula is C22H37N. The third kappa shape index (κ3) is 4.31. The minimum absolute atomic E-state index is 0.239. The van der Waals surface area contributed by atoms with Crippen molar-refractivity contribution >= 4 is 5.69 Å². The zero-order valence-corrected chi connectivity index (χ0v) is 16.3. The summed E-state index contributed by atoms with van der Waals surface area (Å²) < 4.78 is 0. The minimum atomic E-state index is 0.239. The highest BCUT2D eigenvalue weighted by molar-refractivity contribution is 5.55. The number of hydrogen-bond donors (Lipinski definition) is 0. The maximum absolute atomic E-state index is 2.63. The van der Waals surface area contributed by atoms with E-state index in [-0.39, 0.29) is 5.41 Å². The largest absolute Gasteiger partial charge is 0.371 e. The first-order valence-corrected chi connectivity index (χ1v) is 9.67. The first-order chi connectivity index (χ1) is 10.8. The number of nitrogens with zero attached hydrogens (tertiary/aromatic N) is 1. The van der Waals surface area contributed by atoms with Gasteiger partial charge in [-0.1, -0.05) is 59.6 Å². The van der Waals surface area contributed by atoms with Gasteiger partial charge in [-0.25, -0.2) is 0 Å². The van der Waals surface area contributed by atoms with Crippen molar-refractivity contribution in [1.82, 2.24) is 0 Å². The van der Waals surface area contributed by atoms with Gasteiger partial charge in [0.05, 0.1) is 0 Å². The molecule has 1 aliphatic heterocycles. The van der Waals surface area contributed by atoms with Crippen molar-refractivity contribution in [2.45, 2.75) is 85.5 Å². The van der Waals surface area contributed by atoms with Crippen molar-refractivity contribution < 1.29 is 0 Å². The van der Waals surface area contributed by atoms with E-state index in [1.54, 1.807) is 0 Å². The highest BCUT2D eigenvalue weighted by atomic mass is 15.1. The predicted molar refractivity (Wildman–Crippen MR) is 104 cm³/mol. The molecule has 0 bridgehead atoms. The molecule has 130 valence electrons. The lowest BCUT2D eigenvalue weighted by Gasteiger charge is -2.43. The third-order valence-electron chi connectivity index (χ3n) is 5.79. The Morgan fingerprint density at radius 1 is 1.00 bits per heavy atom. The Morgan fingerprint density at radius 2 is 1.57 bits per heavy atom. The van der Waals surface area contributed by atoms with Crippen LogP contribution in [0.4, 0.5) is 5.69 Å². The van der Waals surface area contributed by atoms with Crippen molar-refractivity contribution in [3.63, 3.8) is 0 Å². The van der Waals surface area contributed by atoms with Crippen LogP contribution in [0.1, 0.15) is 84.3 Å². The average molecular weight is 316 g/mol. The smallest absolute Gasteiger partial charge is 0.0396 e. The summed E-state index contributed by atoms with van der Waals surface area (Å²) in [6.07, 6.45) is 8.23. The fourth-order valence-corrected chi connectivity index (χ4v) is 4.38. The second-order valence-electron chi connectivity index (χ2n) is 8.74. The van der Waals surface area contributed by atoms with Crippen LogP contribution in [0.25, 0.3) is 0 Å². The lowest BCUT2D eigenvalue weighted by Crippen LogP contribution is -2.40. The molecule has 1 aromatic carbocycles. The Labute approximate surface area is 144 Å². The number of hydrogen-bond acceptors (Lipinski definition) is 1. The van der Waals surface area contributed by atoms with Gasteiger partial charge in [0.25, 0.3) is 0 Å². The zero-order chi connectivity index (χ0) is 17.1. The van der Waals surface area contributed by atoms with Gasteiger partial charge in [0.1, 0.15) is 0 Å². The van der Waals surface area contributed by atoms with Crippen LogP contribution < -0.4 is 4.90 Å². The summed E-state index contributed by atoms with van der Waals surface area (Å²) in [5.74, 6) is 0. The Kier molecular flexibility index (Phi) is 5.81. The molecule has 1 heteroatoms. The van der Waals surface area contributed by atoms with Gasteiger partial charge in [-0.15, -0.1) is 0 Å². The molecule has 1 aliphatic rings. The van der Waals surface area contributed by atoms with E-state index in [2.05, 4.69) is 64.6 Å². The van der Waals surface area contributed by atoms with Crippen LogP contribution >= 0.6 is 0 Å². The van der Waals surface area contributed by atoms with Gasteiger partial charge >= 0.3 is 0 Å². The molecule has 23 heavy (non-hydrogen) atoms. The quantitative estimate of drug-likeness (QED) is 0.601. The molecule has 0 aromatic heterocycles. The highest BCUT2D eigenvalue weighted by Crippen LogP contribution is 2.42. The number of rotatable bonds is 5. The van der Waals surface area contributed by atoms with Crippen molar-refractivity contribution in [3.05, 3.63) is 29.3 Å². The Bertz CT molecular complexity index is 493. The van der Waals surface area contributed by atoms with Crippen LogP contribution in [0.3, 0.4) is 0 Å². The molecule has 0 saturated carbocycles. The van der Waals surface area contributed by atoms with E-state index in [0.29, 0.717) is 5.41 Å². The van der Waals surface area contributed by atoms with Gasteiger partial charge in [0.2, 0.25) is 0 Å². The zero-order valence-electron chi connectivity index (χ0n) is 16.3. The summed E-state index contributed by atoms with van der Waals surface area (Å²) in [4.78, 5) is 2.63. The molecular weight excluding hydrogens is 278 g/mol. The SMILES string of the molecule is CCCC1(CCC)CCN(c2ccc(C(C)(C)C)cc2C)CC1. The molecule has 0 radical (unpaired) electrons. The molecule has 0 N–H and O–H groups in total. The van der Waals surface area contributed by atoms with E-state index < -0.39 is 0 Å². The van der Waals surface area contributed by atoms with Crippen molar-refractivity contribution in [2.75, 3.05) is 18.0 Å². The number of benzene rings is 1. The molecule has 0 spiro atoms. The van der Waals surface area contributed by atoms with Gasteiger partial charge in [-0.3, -0.25) is 0 Å². The highest BCUT2D eigenvalue weighted by Gasteiger charge is 2.33. The van der Waals surface area contributed by atoms with E-state index in [4.69, 9.17) is 0 Å². The van der Waals surface area contributed by atoms with Crippen LogP contribution in [-0.2, 0) is 5.41 Å². The van der Waals surface area contributed by atoms with E-state index in [1.165, 1.54) is 68.4 Å². The Morgan fingerprint density at radius 3 is 2.00 bits per heavy atom. The van der Waals surface area contributed by atoms with E-state index in [9.17, 15) is 0 Å². The molecule has 0 unspecified atom stereocenters. The van der Waals surface area contributed by atoms with Gasteiger partial charge in [-0.05, 0) is 60.6 Å². The lowest BCUT2D eigenvalue weighted by molar-refractivity contribution is 0.178. The number of anilines is 1. The fraction of sp³-hybridized carbons (Fsp3) is 0.727. The topological polar surface area (TPSA) is 3.24 Å². The molecule has 1 nitrogen and oxygen atoms in total. The van der Waals surface area contributed by atoms with Gasteiger partial charge in [-0.2, -0.15) is 0 Å². The molecule has 2 rings (SSSR count). The predicted octanol–water partition coefficient (Wildman–Crippen LogP) is 6.48. The summed E-state index contributed by atoms with van der Waals surface area (Å²) in [5.41, 5.74) is 5.21. The minimum Gasteiger partial charge on any atom is -0.371 e. The number of piperidine rings is 1. The van der Waals surface area contributed by atoms with Crippen LogP contribution in [0, 0.1) is 12.3 Å². The van der Waals surface area contributed by atoms with E-state index in [1.807, 2.05) is 0 Å². The van der Waals surface area contributed by atoms with Crippen molar-refractivity contribution in [2.24, 2.45) is 5.41 Å². The average Bonchev–Trinajstić information content (AvgIpc) is 2.48. The maximum atomic E-state index is 2.63. The summed E-state index contributed by atoms with van der Waals surface area (Å²) in [6, 6.07) is 7.10. The van der Waals surface area contributed by atoms with Crippen LogP contribution in [0.5, 0.6) is 0 Å². The monoisotopic (exact) mass is 315 g/mol. The van der Waals surface area contributed by atoms with E-state index >= 15 is 0 Å². The first-order valence-electron chi connectivity index (χ1n) is 9.67. The van der Waals surface area contributed by atoms with Crippen LogP contribution in [-0.4, -0.2) is 13.1 Å². The fourth-order valence-electron chi connectivity index (χ4n) is 4.38. The second-order valence-corrected chi connectivity index (χ2v) is 8.74. The molecule has 1 saturated heterocycles. The van der Waals surface area contributed by atoms with Gasteiger partial charge < -0.3 is 4.90 Å². The third-order valence-corrected chi connectivity index (χ3v) is 5.79. The van der Waals surface area contributed by atoms with Crippen molar-refractivity contribution in [1.29, 1.82) is 0 Å². The van der Waals surface area contributed by atoms with Crippen LogP contribution in [0.15, 0.2) is 18.2 Å². The summed E-state index contributed by atoms with van der Waals surface area (Å²) in [7, 11) is 0. The number of aryl methyl sites for hydroxylation is 1. The summed E-state index contributed by atoms with van der Waals surface area (Å²) in [5, 5.41) is 0. The second kappa shape index (κ2) is 7.28. The van der Waals surface area contributed by atoms with Crippen LogP contribution in [0.2, 0.25) is 0 Å². The maximum Gasteiger partial charge on any atom is 0.0396 e. The van der Waals surface area contributed by atoms with Gasteiger partial charge in [0, 0.05) is 18.8 Å². The lowest BCUT2D eigenvalue weighted by atomic mass is 9.72. The molecule has 0 atom stereocenters.